The van der Waals surface area contributed by atoms with E-state index >= 15 is 0 Å². The fourth-order valence-electron chi connectivity index (χ4n) is 2.75. The first kappa shape index (κ1) is 16.5. The summed E-state index contributed by atoms with van der Waals surface area (Å²) >= 11 is 0. The fraction of sp³-hybridized carbons (Fsp3) is 0.556. The Hall–Kier alpha value is -1.84. The number of amides is 1. The molecule has 0 radical (unpaired) electrons. The van der Waals surface area contributed by atoms with Crippen LogP contribution in [0.15, 0.2) is 30.3 Å². The number of carbonyl (C=O) groups is 2. The molecule has 2 atom stereocenters. The lowest BCUT2D eigenvalue weighted by molar-refractivity contribution is -0.147. The molecule has 22 heavy (non-hydrogen) atoms. The molecule has 120 valence electrons. The van der Waals surface area contributed by atoms with E-state index in [0.717, 1.165) is 0 Å². The highest BCUT2D eigenvalue weighted by Gasteiger charge is 2.49. The molecule has 2 rings (SSSR count). The zero-order chi connectivity index (χ0) is 16.5. The largest absolute Gasteiger partial charge is 0.439 e. The zero-order valence-electron chi connectivity index (χ0n) is 14.0. The first-order chi connectivity index (χ1) is 10.2. The molecule has 1 fully saturated rings. The maximum absolute atomic E-state index is 12.9. The first-order valence-electron chi connectivity index (χ1n) is 7.80. The highest BCUT2D eigenvalue weighted by molar-refractivity contribution is 5.98. The first-order valence-corrected chi connectivity index (χ1v) is 7.80. The van der Waals surface area contributed by atoms with Crippen molar-refractivity contribution in [1.29, 1.82) is 0 Å². The summed E-state index contributed by atoms with van der Waals surface area (Å²) < 4.78 is 5.56. The van der Waals surface area contributed by atoms with Crippen LogP contribution in [0.3, 0.4) is 0 Å². The Kier molecular flexibility index (Phi) is 4.59. The molecule has 0 spiro atoms. The molecule has 0 unspecified atom stereocenters. The molecule has 1 saturated heterocycles. The van der Waals surface area contributed by atoms with Gasteiger partial charge in [0.2, 0.25) is 0 Å². The van der Waals surface area contributed by atoms with Gasteiger partial charge >= 0.3 is 5.97 Å². The highest BCUT2D eigenvalue weighted by atomic mass is 16.6. The number of cyclic esters (lactones) is 1. The van der Waals surface area contributed by atoms with Crippen LogP contribution in [0.4, 0.5) is 0 Å². The number of hydrogen-bond acceptors (Lipinski definition) is 3. The summed E-state index contributed by atoms with van der Waals surface area (Å²) in [6.07, 6.45) is 0.0840. The topological polar surface area (TPSA) is 46.6 Å². The monoisotopic (exact) mass is 303 g/mol. The van der Waals surface area contributed by atoms with E-state index in [1.807, 2.05) is 52.8 Å². The van der Waals surface area contributed by atoms with Crippen LogP contribution in [0, 0.1) is 11.3 Å². The second-order valence-corrected chi connectivity index (χ2v) is 7.38. The molecular weight excluding hydrogens is 278 g/mol. The van der Waals surface area contributed by atoms with Gasteiger partial charge in [-0.15, -0.1) is 0 Å². The molecule has 4 heteroatoms. The maximum Gasteiger partial charge on any atom is 0.330 e. The molecular formula is C18H25NO3. The van der Waals surface area contributed by atoms with E-state index in [0.29, 0.717) is 17.9 Å². The number of carbonyl (C=O) groups excluding carboxylic acids is 2. The van der Waals surface area contributed by atoms with E-state index in [4.69, 9.17) is 4.74 Å². The van der Waals surface area contributed by atoms with Gasteiger partial charge in [-0.3, -0.25) is 9.69 Å². The van der Waals surface area contributed by atoms with Crippen LogP contribution in [0.25, 0.3) is 0 Å². The lowest BCUT2D eigenvalue weighted by atomic mass is 9.92. The molecule has 1 heterocycles. The van der Waals surface area contributed by atoms with Gasteiger partial charge in [-0.2, -0.15) is 0 Å². The predicted octanol–water partition coefficient (Wildman–Crippen LogP) is 3.47. The fourth-order valence-corrected chi connectivity index (χ4v) is 2.75. The summed E-state index contributed by atoms with van der Waals surface area (Å²) in [5, 5.41) is 0. The van der Waals surface area contributed by atoms with Crippen molar-refractivity contribution in [2.75, 3.05) is 0 Å². The summed E-state index contributed by atoms with van der Waals surface area (Å²) in [5.74, 6) is -0.128. The van der Waals surface area contributed by atoms with Crippen molar-refractivity contribution in [2.24, 2.45) is 11.3 Å². The summed E-state index contributed by atoms with van der Waals surface area (Å²) in [6, 6.07) is 8.58. The third kappa shape index (κ3) is 3.32. The number of nitrogens with zero attached hydrogens (tertiary/aromatic N) is 1. The van der Waals surface area contributed by atoms with Crippen molar-refractivity contribution in [1.82, 2.24) is 4.90 Å². The Morgan fingerprint density at radius 3 is 2.32 bits per heavy atom. The van der Waals surface area contributed by atoms with Gasteiger partial charge in [0.1, 0.15) is 6.04 Å². The average molecular weight is 303 g/mol. The Balaban J connectivity index is 2.39. The van der Waals surface area contributed by atoms with E-state index in [1.165, 1.54) is 0 Å². The average Bonchev–Trinajstić information content (AvgIpc) is 2.76. The SMILES string of the molecule is CC(C)C[C@@H]1C(=O)O[C@@H](C(C)(C)C)N1C(=O)c1ccccc1. The second-order valence-electron chi connectivity index (χ2n) is 7.38. The van der Waals surface area contributed by atoms with Crippen molar-refractivity contribution in [3.05, 3.63) is 35.9 Å². The molecule has 0 N–H and O–H groups in total. The highest BCUT2D eigenvalue weighted by Crippen LogP contribution is 2.35. The van der Waals surface area contributed by atoms with Crippen molar-refractivity contribution in [2.45, 2.75) is 53.3 Å². The van der Waals surface area contributed by atoms with Crippen molar-refractivity contribution >= 4 is 11.9 Å². The minimum Gasteiger partial charge on any atom is -0.439 e. The number of benzene rings is 1. The van der Waals surface area contributed by atoms with Crippen LogP contribution in [0.2, 0.25) is 0 Å². The van der Waals surface area contributed by atoms with Gasteiger partial charge < -0.3 is 4.74 Å². The van der Waals surface area contributed by atoms with Gasteiger partial charge in [-0.25, -0.2) is 4.79 Å². The zero-order valence-corrected chi connectivity index (χ0v) is 14.0. The normalized spacial score (nSPS) is 22.1. The molecule has 0 bridgehead atoms. The quantitative estimate of drug-likeness (QED) is 0.803. The van der Waals surface area contributed by atoms with Gasteiger partial charge in [-0.1, -0.05) is 52.8 Å². The Morgan fingerprint density at radius 1 is 1.23 bits per heavy atom. The van der Waals surface area contributed by atoms with Gasteiger partial charge in [0.25, 0.3) is 5.91 Å². The molecule has 0 aliphatic carbocycles. The molecule has 1 aliphatic rings. The summed E-state index contributed by atoms with van der Waals surface area (Å²) in [7, 11) is 0. The molecule has 1 aromatic carbocycles. The lowest BCUT2D eigenvalue weighted by Crippen LogP contribution is -2.48. The van der Waals surface area contributed by atoms with E-state index in [9.17, 15) is 9.59 Å². The van der Waals surface area contributed by atoms with Gasteiger partial charge in [0.15, 0.2) is 6.23 Å². The number of ether oxygens (including phenoxy) is 1. The van der Waals surface area contributed by atoms with Gasteiger partial charge in [-0.05, 0) is 24.5 Å². The smallest absolute Gasteiger partial charge is 0.330 e. The van der Waals surface area contributed by atoms with Crippen LogP contribution < -0.4 is 0 Å². The summed E-state index contributed by atoms with van der Waals surface area (Å²) in [4.78, 5) is 26.9. The predicted molar refractivity (Wildman–Crippen MR) is 85.2 cm³/mol. The Labute approximate surface area is 132 Å². The van der Waals surface area contributed by atoms with Gasteiger partial charge in [0.05, 0.1) is 0 Å². The van der Waals surface area contributed by atoms with Crippen molar-refractivity contribution in [3.63, 3.8) is 0 Å². The van der Waals surface area contributed by atoms with Crippen LogP contribution in [0.5, 0.6) is 0 Å². The van der Waals surface area contributed by atoms with Crippen LogP contribution >= 0.6 is 0 Å². The lowest BCUT2D eigenvalue weighted by Gasteiger charge is -2.34. The number of rotatable bonds is 3. The van der Waals surface area contributed by atoms with E-state index < -0.39 is 12.3 Å². The van der Waals surface area contributed by atoms with Crippen LogP contribution in [0.1, 0.15) is 51.4 Å². The maximum atomic E-state index is 12.9. The van der Waals surface area contributed by atoms with E-state index in [1.54, 1.807) is 17.0 Å². The van der Waals surface area contributed by atoms with E-state index in [-0.39, 0.29) is 17.3 Å². The third-order valence-corrected chi connectivity index (χ3v) is 3.78. The van der Waals surface area contributed by atoms with E-state index in [2.05, 4.69) is 0 Å². The molecule has 0 saturated carbocycles. The Bertz CT molecular complexity index is 545. The standard InChI is InChI=1S/C18H25NO3/c1-12(2)11-14-16(21)22-17(18(3,4)5)19(14)15(20)13-9-7-6-8-10-13/h6-10,12,14,17H,11H2,1-5H3/t14-,17+/m1/s1. The number of hydrogen-bond donors (Lipinski definition) is 0. The molecule has 1 aromatic rings. The third-order valence-electron chi connectivity index (χ3n) is 3.78. The Morgan fingerprint density at radius 2 is 1.82 bits per heavy atom. The molecule has 1 amide bonds. The van der Waals surface area contributed by atoms with Crippen molar-refractivity contribution < 1.29 is 14.3 Å². The summed E-state index contributed by atoms with van der Waals surface area (Å²) in [5.41, 5.74) is 0.259. The van der Waals surface area contributed by atoms with Gasteiger partial charge in [0, 0.05) is 11.0 Å². The molecule has 0 aromatic heterocycles. The van der Waals surface area contributed by atoms with Crippen molar-refractivity contribution in [3.8, 4) is 0 Å². The minimum absolute atomic E-state index is 0.142. The summed E-state index contributed by atoms with van der Waals surface area (Å²) in [6.45, 7) is 10.0. The second kappa shape index (κ2) is 6.11. The van der Waals surface area contributed by atoms with Crippen LogP contribution in [-0.2, 0) is 9.53 Å². The number of esters is 1. The molecule has 1 aliphatic heterocycles. The van der Waals surface area contributed by atoms with Crippen LogP contribution in [-0.4, -0.2) is 29.0 Å². The molecule has 4 nitrogen and oxygen atoms in total. The minimum atomic E-state index is -0.531.